The fourth-order valence-corrected chi connectivity index (χ4v) is 3.39. The third-order valence-electron chi connectivity index (χ3n) is 4.64. The van der Waals surface area contributed by atoms with Crippen molar-refractivity contribution >= 4 is 5.97 Å². The Kier molecular flexibility index (Phi) is 4.06. The van der Waals surface area contributed by atoms with Gasteiger partial charge >= 0.3 is 5.97 Å². The number of carbonyl (C=O) groups excluding carboxylic acids is 1. The van der Waals surface area contributed by atoms with Crippen LogP contribution in [0.25, 0.3) is 0 Å². The quantitative estimate of drug-likeness (QED) is 0.842. The van der Waals surface area contributed by atoms with Crippen molar-refractivity contribution < 1.29 is 9.53 Å². The highest BCUT2D eigenvalue weighted by Crippen LogP contribution is 2.29. The first-order valence-electron chi connectivity index (χ1n) is 7.77. The maximum atomic E-state index is 12.5. The van der Waals surface area contributed by atoms with Crippen LogP contribution in [0.4, 0.5) is 0 Å². The average Bonchev–Trinajstić information content (AvgIpc) is 2.49. The van der Waals surface area contributed by atoms with E-state index >= 15 is 0 Å². The molecular weight excluding hydrogens is 250 g/mol. The van der Waals surface area contributed by atoms with Crippen LogP contribution in [0.1, 0.15) is 49.8 Å². The Balaban J connectivity index is 1.72. The molecule has 3 heteroatoms. The molecule has 3 atom stereocenters. The van der Waals surface area contributed by atoms with E-state index in [4.69, 9.17) is 4.74 Å². The van der Waals surface area contributed by atoms with Crippen LogP contribution >= 0.6 is 0 Å². The van der Waals surface area contributed by atoms with Crippen molar-refractivity contribution in [2.75, 3.05) is 6.54 Å². The third kappa shape index (κ3) is 2.73. The molecule has 108 valence electrons. The highest BCUT2D eigenvalue weighted by molar-refractivity contribution is 5.78. The highest BCUT2D eigenvalue weighted by Gasteiger charge is 2.31. The number of esters is 1. The Morgan fingerprint density at radius 1 is 1.25 bits per heavy atom. The smallest absolute Gasteiger partial charge is 0.328 e. The first-order valence-corrected chi connectivity index (χ1v) is 7.77. The summed E-state index contributed by atoms with van der Waals surface area (Å²) in [6.07, 6.45) is 5.72. The molecule has 3 unspecified atom stereocenters. The molecule has 0 bridgehead atoms. The Bertz CT molecular complexity index is 486. The van der Waals surface area contributed by atoms with Gasteiger partial charge in [0.05, 0.1) is 0 Å². The molecule has 0 amide bonds. The summed E-state index contributed by atoms with van der Waals surface area (Å²) in [4.78, 5) is 12.5. The molecule has 1 aliphatic carbocycles. The van der Waals surface area contributed by atoms with E-state index in [1.54, 1.807) is 0 Å². The zero-order valence-electron chi connectivity index (χ0n) is 12.1. The van der Waals surface area contributed by atoms with Crippen LogP contribution in [0.5, 0.6) is 0 Å². The highest BCUT2D eigenvalue weighted by atomic mass is 16.5. The van der Waals surface area contributed by atoms with Crippen molar-refractivity contribution in [3.63, 3.8) is 0 Å². The van der Waals surface area contributed by atoms with Crippen molar-refractivity contribution in [3.8, 4) is 0 Å². The van der Waals surface area contributed by atoms with Gasteiger partial charge in [-0.25, -0.2) is 4.79 Å². The fourth-order valence-electron chi connectivity index (χ4n) is 3.39. The second-order valence-corrected chi connectivity index (χ2v) is 6.07. The number of hydrogen-bond donors (Lipinski definition) is 1. The lowest BCUT2D eigenvalue weighted by Crippen LogP contribution is -2.39. The Labute approximate surface area is 120 Å². The summed E-state index contributed by atoms with van der Waals surface area (Å²) < 4.78 is 5.80. The molecule has 1 N–H and O–H groups in total. The van der Waals surface area contributed by atoms with Gasteiger partial charge in [0.25, 0.3) is 0 Å². The number of ether oxygens (including phenoxy) is 1. The molecule has 1 heterocycles. The third-order valence-corrected chi connectivity index (χ3v) is 4.64. The molecule has 0 radical (unpaired) electrons. The van der Waals surface area contributed by atoms with Crippen LogP contribution in [0, 0.1) is 5.92 Å². The molecule has 2 aliphatic rings. The lowest BCUT2D eigenvalue weighted by atomic mass is 9.88. The Morgan fingerprint density at radius 3 is 2.90 bits per heavy atom. The summed E-state index contributed by atoms with van der Waals surface area (Å²) in [7, 11) is 0. The van der Waals surface area contributed by atoms with Gasteiger partial charge in [0.15, 0.2) is 0 Å². The zero-order chi connectivity index (χ0) is 13.9. The van der Waals surface area contributed by atoms with Gasteiger partial charge in [-0.3, -0.25) is 0 Å². The van der Waals surface area contributed by atoms with Gasteiger partial charge in [-0.05, 0) is 42.7 Å². The van der Waals surface area contributed by atoms with Crippen molar-refractivity contribution in [2.45, 2.75) is 51.2 Å². The van der Waals surface area contributed by atoms with Gasteiger partial charge in [0, 0.05) is 6.54 Å². The number of rotatable bonds is 2. The largest absolute Gasteiger partial charge is 0.461 e. The molecule has 3 rings (SSSR count). The molecular formula is C17H23NO2. The summed E-state index contributed by atoms with van der Waals surface area (Å²) in [6, 6.07) is 7.90. The van der Waals surface area contributed by atoms with E-state index in [2.05, 4.69) is 18.3 Å². The molecule has 0 spiro atoms. The summed E-state index contributed by atoms with van der Waals surface area (Å²) in [5, 5.41) is 3.30. The van der Waals surface area contributed by atoms with Crippen LogP contribution in [0.15, 0.2) is 24.3 Å². The number of fused-ring (bicyclic) bond motifs is 1. The van der Waals surface area contributed by atoms with Gasteiger partial charge in [0.1, 0.15) is 12.1 Å². The molecule has 3 nitrogen and oxygen atoms in total. The van der Waals surface area contributed by atoms with Gasteiger partial charge in [-0.15, -0.1) is 0 Å². The second kappa shape index (κ2) is 5.96. The van der Waals surface area contributed by atoms with E-state index in [-0.39, 0.29) is 18.1 Å². The molecule has 1 fully saturated rings. The van der Waals surface area contributed by atoms with Crippen LogP contribution in [0.2, 0.25) is 0 Å². The molecule has 20 heavy (non-hydrogen) atoms. The minimum Gasteiger partial charge on any atom is -0.461 e. The van der Waals surface area contributed by atoms with Crippen molar-refractivity contribution in [1.82, 2.24) is 5.32 Å². The number of benzene rings is 1. The van der Waals surface area contributed by atoms with E-state index in [9.17, 15) is 4.79 Å². The van der Waals surface area contributed by atoms with Crippen LogP contribution in [-0.2, 0) is 16.0 Å². The summed E-state index contributed by atoms with van der Waals surface area (Å²) in [5.41, 5.74) is 2.36. The lowest BCUT2D eigenvalue weighted by molar-refractivity contribution is -0.156. The standard InChI is InChI=1S/C17H23NO2/c1-12-6-2-5-9-15(12)20-17(19)16-14-8-4-3-7-13(14)10-11-18-16/h3-4,7-8,12,15-16,18H,2,5-6,9-11H2,1H3. The first kappa shape index (κ1) is 13.6. The summed E-state index contributed by atoms with van der Waals surface area (Å²) in [5.74, 6) is 0.391. The summed E-state index contributed by atoms with van der Waals surface area (Å²) >= 11 is 0. The molecule has 1 aliphatic heterocycles. The van der Waals surface area contributed by atoms with Crippen LogP contribution in [-0.4, -0.2) is 18.6 Å². The van der Waals surface area contributed by atoms with Crippen LogP contribution in [0.3, 0.4) is 0 Å². The maximum Gasteiger partial charge on any atom is 0.328 e. The Hall–Kier alpha value is -1.35. The predicted octanol–water partition coefficient (Wildman–Crippen LogP) is 3.00. The SMILES string of the molecule is CC1CCCCC1OC(=O)C1NCCc2ccccc21. The monoisotopic (exact) mass is 273 g/mol. The Morgan fingerprint density at radius 2 is 2.05 bits per heavy atom. The van der Waals surface area contributed by atoms with Crippen LogP contribution < -0.4 is 5.32 Å². The maximum absolute atomic E-state index is 12.5. The van der Waals surface area contributed by atoms with Gasteiger partial charge in [-0.2, -0.15) is 0 Å². The number of hydrogen-bond acceptors (Lipinski definition) is 3. The van der Waals surface area contributed by atoms with Crippen molar-refractivity contribution in [3.05, 3.63) is 35.4 Å². The van der Waals surface area contributed by atoms with Crippen molar-refractivity contribution in [1.29, 1.82) is 0 Å². The van der Waals surface area contributed by atoms with Gasteiger partial charge in [-0.1, -0.05) is 37.6 Å². The normalized spacial score (nSPS) is 29.6. The van der Waals surface area contributed by atoms with E-state index in [0.717, 1.165) is 24.9 Å². The zero-order valence-corrected chi connectivity index (χ0v) is 12.1. The predicted molar refractivity (Wildman–Crippen MR) is 78.4 cm³/mol. The van der Waals surface area contributed by atoms with E-state index in [0.29, 0.717) is 5.92 Å². The number of carbonyl (C=O) groups is 1. The number of nitrogens with one attached hydrogen (secondary N) is 1. The van der Waals surface area contributed by atoms with Gasteiger partial charge in [0.2, 0.25) is 0 Å². The molecule has 1 aromatic carbocycles. The fraction of sp³-hybridized carbons (Fsp3) is 0.588. The lowest BCUT2D eigenvalue weighted by Gasteiger charge is -2.31. The molecule has 1 saturated carbocycles. The molecule has 1 aromatic rings. The second-order valence-electron chi connectivity index (χ2n) is 6.07. The summed E-state index contributed by atoms with van der Waals surface area (Å²) in [6.45, 7) is 3.04. The van der Waals surface area contributed by atoms with Crippen molar-refractivity contribution in [2.24, 2.45) is 5.92 Å². The van der Waals surface area contributed by atoms with E-state index in [1.165, 1.54) is 24.8 Å². The molecule has 0 saturated heterocycles. The first-order chi connectivity index (χ1) is 9.75. The topological polar surface area (TPSA) is 38.3 Å². The minimum atomic E-state index is -0.283. The average molecular weight is 273 g/mol. The molecule has 0 aromatic heterocycles. The minimum absolute atomic E-state index is 0.101. The van der Waals surface area contributed by atoms with E-state index in [1.807, 2.05) is 18.2 Å². The van der Waals surface area contributed by atoms with Gasteiger partial charge < -0.3 is 10.1 Å². The van der Waals surface area contributed by atoms with E-state index < -0.39 is 0 Å².